The van der Waals surface area contributed by atoms with E-state index in [2.05, 4.69) is 0 Å². The Bertz CT molecular complexity index is 1030. The first-order chi connectivity index (χ1) is 12.6. The summed E-state index contributed by atoms with van der Waals surface area (Å²) in [5.74, 6) is -1.66. The van der Waals surface area contributed by atoms with Crippen molar-refractivity contribution >= 4 is 22.6 Å². The van der Waals surface area contributed by atoms with Crippen LogP contribution in [0.2, 0.25) is 0 Å². The molecule has 0 radical (unpaired) electrons. The summed E-state index contributed by atoms with van der Waals surface area (Å²) in [6, 6.07) is 0.811. The maximum Gasteiger partial charge on any atom is 0.341 e. The normalized spacial score (nSPS) is 23.5. The summed E-state index contributed by atoms with van der Waals surface area (Å²) in [6.07, 6.45) is 1.32. The zero-order chi connectivity index (χ0) is 19.7. The summed E-state index contributed by atoms with van der Waals surface area (Å²) in [6.45, 7) is 7.19. The molecule has 144 valence electrons. The van der Waals surface area contributed by atoms with Crippen molar-refractivity contribution in [3.8, 4) is 5.75 Å². The Morgan fingerprint density at radius 3 is 2.74 bits per heavy atom. The van der Waals surface area contributed by atoms with E-state index in [-0.39, 0.29) is 46.5 Å². The summed E-state index contributed by atoms with van der Waals surface area (Å²) < 4.78 is 22.7. The monoisotopic (exact) mass is 375 g/mol. The lowest BCUT2D eigenvalue weighted by Crippen LogP contribution is -2.35. The number of aromatic nitrogens is 1. The van der Waals surface area contributed by atoms with Gasteiger partial charge in [0.15, 0.2) is 11.6 Å². The van der Waals surface area contributed by atoms with Crippen LogP contribution in [-0.4, -0.2) is 41.4 Å². The average Bonchev–Trinajstić information content (AvgIpc) is 2.84. The minimum absolute atomic E-state index is 0.0143. The molecule has 1 saturated heterocycles. The van der Waals surface area contributed by atoms with Gasteiger partial charge in [-0.05, 0) is 18.4 Å². The van der Waals surface area contributed by atoms with Gasteiger partial charge in [0.1, 0.15) is 17.9 Å². The highest BCUT2D eigenvalue weighted by Crippen LogP contribution is 2.44. The van der Waals surface area contributed by atoms with Crippen LogP contribution in [0.25, 0.3) is 10.9 Å². The van der Waals surface area contributed by atoms with Crippen LogP contribution in [0.5, 0.6) is 5.75 Å². The second kappa shape index (κ2) is 5.69. The van der Waals surface area contributed by atoms with E-state index >= 15 is 4.39 Å². The first kappa shape index (κ1) is 17.8. The number of hydrogen-bond donors (Lipinski definition) is 2. The molecule has 2 aliphatic rings. The maximum absolute atomic E-state index is 15.1. The molecule has 8 heteroatoms. The Morgan fingerprint density at radius 2 is 2.15 bits per heavy atom. The number of halogens is 1. The van der Waals surface area contributed by atoms with Crippen LogP contribution in [-0.2, 0) is 0 Å². The molecule has 3 heterocycles. The Balaban J connectivity index is 2.03. The van der Waals surface area contributed by atoms with Crippen molar-refractivity contribution in [1.82, 2.24) is 4.57 Å². The van der Waals surface area contributed by atoms with Gasteiger partial charge < -0.3 is 25.0 Å². The van der Waals surface area contributed by atoms with E-state index in [0.29, 0.717) is 18.6 Å². The molecule has 2 aromatic rings. The lowest BCUT2D eigenvalue weighted by atomic mass is 9.89. The molecule has 0 unspecified atom stereocenters. The topological polar surface area (TPSA) is 97.8 Å². The van der Waals surface area contributed by atoms with Crippen molar-refractivity contribution in [1.29, 1.82) is 0 Å². The first-order valence-corrected chi connectivity index (χ1v) is 8.90. The summed E-state index contributed by atoms with van der Waals surface area (Å²) in [4.78, 5) is 25.9. The predicted octanol–water partition coefficient (Wildman–Crippen LogP) is 1.97. The third-order valence-electron chi connectivity index (χ3n) is 5.71. The fourth-order valence-electron chi connectivity index (χ4n) is 3.99. The summed E-state index contributed by atoms with van der Waals surface area (Å²) in [5, 5.41) is 9.36. The van der Waals surface area contributed by atoms with E-state index < -0.39 is 17.2 Å². The number of carbonyl (C=O) groups is 1. The number of nitrogens with zero attached hydrogens (tertiary/aromatic N) is 2. The molecule has 4 rings (SSSR count). The van der Waals surface area contributed by atoms with Crippen LogP contribution < -0.4 is 20.8 Å². The molecule has 1 aromatic heterocycles. The number of hydrogen-bond acceptors (Lipinski definition) is 5. The van der Waals surface area contributed by atoms with Crippen LogP contribution >= 0.6 is 0 Å². The third kappa shape index (κ3) is 2.50. The lowest BCUT2D eigenvalue weighted by molar-refractivity contribution is 0.0694. The van der Waals surface area contributed by atoms with Gasteiger partial charge in [-0.25, -0.2) is 9.18 Å². The Hall–Kier alpha value is -2.61. The Kier molecular flexibility index (Phi) is 3.75. The van der Waals surface area contributed by atoms with E-state index in [1.165, 1.54) is 6.20 Å². The molecule has 0 aliphatic carbocycles. The third-order valence-corrected chi connectivity index (χ3v) is 5.71. The second-order valence-electron chi connectivity index (χ2n) is 8.15. The maximum atomic E-state index is 15.1. The highest BCUT2D eigenvalue weighted by molar-refractivity contribution is 5.97. The van der Waals surface area contributed by atoms with E-state index in [1.54, 1.807) is 4.57 Å². The SMILES string of the molecule is C[C@H]1COc2c(N3C[C@@H](N)C(C)(C)C3)c(F)cc3c(=O)c(C(=O)O)cn1c23. The molecular weight excluding hydrogens is 353 g/mol. The molecule has 2 aliphatic heterocycles. The van der Waals surface area contributed by atoms with Crippen molar-refractivity contribution in [2.75, 3.05) is 24.6 Å². The van der Waals surface area contributed by atoms with E-state index in [0.717, 1.165) is 6.07 Å². The van der Waals surface area contributed by atoms with Gasteiger partial charge in [0.2, 0.25) is 5.43 Å². The molecule has 7 nitrogen and oxygen atoms in total. The number of carboxylic acids is 1. The number of pyridine rings is 1. The second-order valence-corrected chi connectivity index (χ2v) is 8.15. The quantitative estimate of drug-likeness (QED) is 0.833. The van der Waals surface area contributed by atoms with Gasteiger partial charge in [-0.3, -0.25) is 4.79 Å². The number of anilines is 1. The van der Waals surface area contributed by atoms with Crippen molar-refractivity contribution in [3.63, 3.8) is 0 Å². The molecular formula is C19H22FN3O4. The van der Waals surface area contributed by atoms with Crippen molar-refractivity contribution in [3.05, 3.63) is 33.9 Å². The summed E-state index contributed by atoms with van der Waals surface area (Å²) in [7, 11) is 0. The molecule has 0 amide bonds. The fraction of sp³-hybridized carbons (Fsp3) is 0.474. The van der Waals surface area contributed by atoms with E-state index in [1.807, 2.05) is 25.7 Å². The van der Waals surface area contributed by atoms with Gasteiger partial charge in [-0.2, -0.15) is 0 Å². The van der Waals surface area contributed by atoms with Crippen molar-refractivity contribution in [2.45, 2.75) is 32.9 Å². The standard InChI is InChI=1S/C19H22FN3O4/c1-9-7-27-17-14-10(16(24)11(18(25)26)5-23(9)14)4-12(20)15(17)22-6-13(21)19(2,3)8-22/h4-5,9,13H,6-8,21H2,1-3H3,(H,25,26)/t9-,13+/m0/s1. The van der Waals surface area contributed by atoms with Crippen LogP contribution in [0.15, 0.2) is 17.1 Å². The molecule has 0 bridgehead atoms. The molecule has 0 saturated carbocycles. The molecule has 1 aromatic carbocycles. The summed E-state index contributed by atoms with van der Waals surface area (Å²) in [5.41, 5.74) is 5.65. The minimum Gasteiger partial charge on any atom is -0.487 e. The van der Waals surface area contributed by atoms with E-state index in [9.17, 15) is 14.7 Å². The zero-order valence-corrected chi connectivity index (χ0v) is 15.5. The highest BCUT2D eigenvalue weighted by atomic mass is 19.1. The van der Waals surface area contributed by atoms with Gasteiger partial charge in [0, 0.05) is 25.3 Å². The fourth-order valence-corrected chi connectivity index (χ4v) is 3.99. The zero-order valence-electron chi connectivity index (χ0n) is 15.5. The van der Waals surface area contributed by atoms with E-state index in [4.69, 9.17) is 10.5 Å². The number of rotatable bonds is 2. The number of benzene rings is 1. The highest BCUT2D eigenvalue weighted by Gasteiger charge is 2.40. The number of aromatic carboxylic acids is 1. The van der Waals surface area contributed by atoms with Gasteiger partial charge >= 0.3 is 5.97 Å². The molecule has 3 N–H and O–H groups in total. The smallest absolute Gasteiger partial charge is 0.341 e. The first-order valence-electron chi connectivity index (χ1n) is 8.90. The largest absolute Gasteiger partial charge is 0.487 e. The minimum atomic E-state index is -1.33. The van der Waals surface area contributed by atoms with Crippen LogP contribution in [0.3, 0.4) is 0 Å². The molecule has 27 heavy (non-hydrogen) atoms. The Labute approximate surface area is 155 Å². The Morgan fingerprint density at radius 1 is 1.44 bits per heavy atom. The number of carboxylic acid groups (broad SMARTS) is 1. The van der Waals surface area contributed by atoms with Gasteiger partial charge in [-0.15, -0.1) is 0 Å². The van der Waals surface area contributed by atoms with Crippen molar-refractivity contribution in [2.24, 2.45) is 11.1 Å². The summed E-state index contributed by atoms with van der Waals surface area (Å²) >= 11 is 0. The molecule has 0 spiro atoms. The predicted molar refractivity (Wildman–Crippen MR) is 99.3 cm³/mol. The molecule has 2 atom stereocenters. The average molecular weight is 375 g/mol. The van der Waals surface area contributed by atoms with Crippen LogP contribution in [0.4, 0.5) is 10.1 Å². The van der Waals surface area contributed by atoms with Gasteiger partial charge in [0.25, 0.3) is 0 Å². The van der Waals surface area contributed by atoms with Crippen molar-refractivity contribution < 1.29 is 19.0 Å². The van der Waals surface area contributed by atoms with Crippen LogP contribution in [0, 0.1) is 11.2 Å². The van der Waals surface area contributed by atoms with Crippen LogP contribution in [0.1, 0.15) is 37.2 Å². The van der Waals surface area contributed by atoms with Gasteiger partial charge in [0.05, 0.1) is 16.9 Å². The molecule has 1 fully saturated rings. The number of ether oxygens (including phenoxy) is 1. The number of nitrogens with two attached hydrogens (primary N) is 1. The van der Waals surface area contributed by atoms with Gasteiger partial charge in [-0.1, -0.05) is 13.8 Å². The lowest BCUT2D eigenvalue weighted by Gasteiger charge is -2.31.